The summed E-state index contributed by atoms with van der Waals surface area (Å²) in [4.78, 5) is 18.9. The maximum Gasteiger partial charge on any atom is 0.387 e. The summed E-state index contributed by atoms with van der Waals surface area (Å²) in [6.45, 7) is 0.362. The van der Waals surface area contributed by atoms with Gasteiger partial charge < -0.3 is 10.5 Å². The van der Waals surface area contributed by atoms with Gasteiger partial charge in [-0.1, -0.05) is 24.3 Å². The minimum Gasteiger partial charge on any atom is -0.435 e. The molecule has 2 aromatic carbocycles. The topological polar surface area (TPSA) is 67.9 Å². The Hall–Kier alpha value is -3.29. The predicted octanol–water partition coefficient (Wildman–Crippen LogP) is 3.80. The van der Waals surface area contributed by atoms with Crippen LogP contribution in [0.5, 0.6) is 5.75 Å². The van der Waals surface area contributed by atoms with Crippen molar-refractivity contribution in [1.82, 2.24) is 4.90 Å². The predicted molar refractivity (Wildman–Crippen MR) is 104 cm³/mol. The van der Waals surface area contributed by atoms with E-state index in [1.165, 1.54) is 42.3 Å². The van der Waals surface area contributed by atoms with Crippen molar-refractivity contribution in [3.05, 3.63) is 70.5 Å². The average Bonchev–Trinajstić information content (AvgIpc) is 2.90. The second-order valence-electron chi connectivity index (χ2n) is 6.64. The molecule has 8 heteroatoms. The van der Waals surface area contributed by atoms with E-state index in [0.29, 0.717) is 16.7 Å². The van der Waals surface area contributed by atoms with Gasteiger partial charge in [0.05, 0.1) is 0 Å². The normalized spacial score (nSPS) is 19.3. The number of carbonyl (C=O) groups is 1. The lowest BCUT2D eigenvalue weighted by Crippen LogP contribution is -2.41. The zero-order valence-corrected chi connectivity index (χ0v) is 16.1. The number of allylic oxidation sites excluding steroid dienone is 1. The lowest BCUT2D eigenvalue weighted by atomic mass is 9.81. The monoisotopic (exact) mass is 403 g/mol. The molecule has 1 heterocycles. The van der Waals surface area contributed by atoms with Crippen molar-refractivity contribution < 1.29 is 22.7 Å². The summed E-state index contributed by atoms with van der Waals surface area (Å²) in [6, 6.07) is 8.63. The molecule has 3 rings (SSSR count). The number of nitrogens with zero attached hydrogens (tertiary/aromatic N) is 2. The molecule has 2 aromatic rings. The van der Waals surface area contributed by atoms with Crippen molar-refractivity contribution in [2.75, 3.05) is 7.05 Å². The number of alkyl halides is 2. The maximum absolute atomic E-state index is 14.2. The second-order valence-corrected chi connectivity index (χ2v) is 6.64. The molecule has 1 aliphatic rings. The first-order chi connectivity index (χ1) is 13.7. The van der Waals surface area contributed by atoms with E-state index in [-0.39, 0.29) is 17.3 Å². The number of likely N-dealkylation sites (N-methyl/N-ethyl adjacent to an activating group) is 1. The van der Waals surface area contributed by atoms with Crippen LogP contribution in [0, 0.1) is 12.7 Å². The molecule has 0 saturated carbocycles. The molecule has 1 aliphatic heterocycles. The molecule has 5 nitrogen and oxygen atoms in total. The molecule has 0 radical (unpaired) electrons. The van der Waals surface area contributed by atoms with Gasteiger partial charge in [0.25, 0.3) is 5.91 Å². The molecule has 1 atom stereocenters. The summed E-state index contributed by atoms with van der Waals surface area (Å²) in [7, 11) is 1.49. The van der Waals surface area contributed by atoms with Crippen molar-refractivity contribution in [2.24, 2.45) is 10.7 Å². The highest BCUT2D eigenvalue weighted by atomic mass is 19.3. The first-order valence-electron chi connectivity index (χ1n) is 8.83. The third kappa shape index (κ3) is 3.46. The summed E-state index contributed by atoms with van der Waals surface area (Å²) >= 11 is 0. The van der Waals surface area contributed by atoms with Crippen LogP contribution in [0.3, 0.4) is 0 Å². The number of aryl methyl sites for hydroxylation is 1. The second kappa shape index (κ2) is 7.62. The molecule has 0 spiro atoms. The van der Waals surface area contributed by atoms with Crippen molar-refractivity contribution in [3.8, 4) is 5.75 Å². The van der Waals surface area contributed by atoms with E-state index in [0.717, 1.165) is 0 Å². The van der Waals surface area contributed by atoms with Crippen LogP contribution in [0.15, 0.2) is 47.5 Å². The van der Waals surface area contributed by atoms with E-state index in [2.05, 4.69) is 9.73 Å². The van der Waals surface area contributed by atoms with Crippen molar-refractivity contribution in [2.45, 2.75) is 26.0 Å². The number of ether oxygens (including phenoxy) is 1. The largest absolute Gasteiger partial charge is 0.435 e. The standard InChI is InChI=1S/C21H20F3N3O2/c1-4-5-13-11-15(6-8-16(13)22)21(18(28)27(3)20(25)26-21)14-7-9-17(12(2)10-14)29-19(23)24/h4-11,19H,1-3H3,(H2,25,26). The van der Waals surface area contributed by atoms with Crippen LogP contribution < -0.4 is 10.5 Å². The van der Waals surface area contributed by atoms with Gasteiger partial charge in [-0.25, -0.2) is 9.38 Å². The number of aliphatic imine (C=N–C) groups is 1. The van der Waals surface area contributed by atoms with Crippen LogP contribution in [0.25, 0.3) is 6.08 Å². The van der Waals surface area contributed by atoms with Gasteiger partial charge in [-0.15, -0.1) is 0 Å². The summed E-state index contributed by atoms with van der Waals surface area (Å²) in [6.07, 6.45) is 3.25. The van der Waals surface area contributed by atoms with Gasteiger partial charge in [0.2, 0.25) is 0 Å². The molecule has 1 amide bonds. The zero-order valence-electron chi connectivity index (χ0n) is 16.1. The quantitative estimate of drug-likeness (QED) is 0.826. The van der Waals surface area contributed by atoms with Gasteiger partial charge in [-0.3, -0.25) is 9.69 Å². The summed E-state index contributed by atoms with van der Waals surface area (Å²) in [5, 5.41) is 0. The number of benzene rings is 2. The zero-order chi connectivity index (χ0) is 21.3. The Morgan fingerprint density at radius 2 is 1.86 bits per heavy atom. The number of halogens is 3. The number of hydrogen-bond acceptors (Lipinski definition) is 4. The molecule has 0 saturated heterocycles. The molecular formula is C21H20F3N3O2. The number of guanidine groups is 1. The molecule has 1 unspecified atom stereocenters. The van der Waals surface area contributed by atoms with Crippen molar-refractivity contribution in [3.63, 3.8) is 0 Å². The fraction of sp³-hybridized carbons (Fsp3) is 0.238. The summed E-state index contributed by atoms with van der Waals surface area (Å²) < 4.78 is 43.9. The SMILES string of the molecule is CC=Cc1cc(C2(c3ccc(OC(F)F)c(C)c3)N=C(N)N(C)C2=O)ccc1F. The van der Waals surface area contributed by atoms with Crippen LogP contribution in [-0.2, 0) is 10.3 Å². The lowest BCUT2D eigenvalue weighted by Gasteiger charge is -2.27. The maximum atomic E-state index is 14.2. The highest BCUT2D eigenvalue weighted by Gasteiger charge is 2.49. The van der Waals surface area contributed by atoms with Gasteiger partial charge in [0, 0.05) is 12.6 Å². The molecule has 0 bridgehead atoms. The molecule has 29 heavy (non-hydrogen) atoms. The Bertz CT molecular complexity index is 1020. The fourth-order valence-electron chi connectivity index (χ4n) is 3.36. The van der Waals surface area contributed by atoms with Gasteiger partial charge in [-0.05, 0) is 54.8 Å². The number of hydrogen-bond donors (Lipinski definition) is 1. The third-order valence-electron chi connectivity index (χ3n) is 4.81. The first kappa shape index (κ1) is 20.4. The van der Waals surface area contributed by atoms with E-state index >= 15 is 0 Å². The van der Waals surface area contributed by atoms with Gasteiger partial charge in [0.15, 0.2) is 11.5 Å². The molecule has 0 aliphatic carbocycles. The van der Waals surface area contributed by atoms with Crippen molar-refractivity contribution >= 4 is 17.9 Å². The minimum atomic E-state index is -2.97. The summed E-state index contributed by atoms with van der Waals surface area (Å²) in [5.41, 5.74) is 5.87. The van der Waals surface area contributed by atoms with Crippen LogP contribution >= 0.6 is 0 Å². The van der Waals surface area contributed by atoms with E-state index in [1.807, 2.05) is 0 Å². The number of nitrogens with two attached hydrogens (primary N) is 1. The Balaban J connectivity index is 2.24. The van der Waals surface area contributed by atoms with Gasteiger partial charge >= 0.3 is 6.61 Å². The van der Waals surface area contributed by atoms with Crippen LogP contribution in [0.2, 0.25) is 0 Å². The van der Waals surface area contributed by atoms with Crippen molar-refractivity contribution in [1.29, 1.82) is 0 Å². The Labute approximate surface area is 166 Å². The summed E-state index contributed by atoms with van der Waals surface area (Å²) in [5.74, 6) is -0.898. The third-order valence-corrected chi connectivity index (χ3v) is 4.81. The van der Waals surface area contributed by atoms with Gasteiger partial charge in [-0.2, -0.15) is 8.78 Å². The number of amides is 1. The molecule has 0 aromatic heterocycles. The number of carbonyl (C=O) groups excluding carboxylic acids is 1. The van der Waals surface area contributed by atoms with Crippen LogP contribution in [-0.4, -0.2) is 30.4 Å². The Morgan fingerprint density at radius 3 is 2.41 bits per heavy atom. The lowest BCUT2D eigenvalue weighted by molar-refractivity contribution is -0.129. The van der Waals surface area contributed by atoms with Crippen LogP contribution in [0.4, 0.5) is 13.2 Å². The van der Waals surface area contributed by atoms with E-state index in [4.69, 9.17) is 5.73 Å². The van der Waals surface area contributed by atoms with E-state index < -0.39 is 23.9 Å². The fourth-order valence-corrected chi connectivity index (χ4v) is 3.36. The molecule has 152 valence electrons. The minimum absolute atomic E-state index is 0.00234. The first-order valence-corrected chi connectivity index (χ1v) is 8.83. The van der Waals surface area contributed by atoms with E-state index in [1.54, 1.807) is 32.1 Å². The van der Waals surface area contributed by atoms with E-state index in [9.17, 15) is 18.0 Å². The average molecular weight is 403 g/mol. The molecular weight excluding hydrogens is 383 g/mol. The number of rotatable bonds is 5. The highest BCUT2D eigenvalue weighted by molar-refractivity contribution is 6.09. The van der Waals surface area contributed by atoms with Crippen LogP contribution in [0.1, 0.15) is 29.2 Å². The Kier molecular flexibility index (Phi) is 5.37. The highest BCUT2D eigenvalue weighted by Crippen LogP contribution is 2.41. The smallest absolute Gasteiger partial charge is 0.387 e. The molecule has 0 fully saturated rings. The van der Waals surface area contributed by atoms with Gasteiger partial charge in [0.1, 0.15) is 11.6 Å². The Morgan fingerprint density at radius 1 is 1.21 bits per heavy atom. The molecule has 2 N–H and O–H groups in total.